The van der Waals surface area contributed by atoms with Crippen molar-refractivity contribution in [2.75, 3.05) is 51.5 Å². The second-order valence-electron chi connectivity index (χ2n) is 8.03. The molecule has 0 radical (unpaired) electrons. The molecule has 5 heteroatoms. The van der Waals surface area contributed by atoms with Crippen molar-refractivity contribution in [2.45, 2.75) is 32.6 Å². The van der Waals surface area contributed by atoms with Gasteiger partial charge in [0.2, 0.25) is 0 Å². The Morgan fingerprint density at radius 3 is 2.56 bits per heavy atom. The highest BCUT2D eigenvalue weighted by atomic mass is 16.5. The first-order valence-electron chi connectivity index (χ1n) is 11.6. The highest BCUT2D eigenvalue weighted by Gasteiger charge is 2.15. The summed E-state index contributed by atoms with van der Waals surface area (Å²) in [5, 5.41) is 0. The van der Waals surface area contributed by atoms with Crippen LogP contribution in [0.3, 0.4) is 0 Å². The number of ether oxygens (including phenoxy) is 3. The van der Waals surface area contributed by atoms with Crippen molar-refractivity contribution in [2.24, 2.45) is 0 Å². The molecule has 2 aromatic carbocycles. The number of allylic oxidation sites excluding steroid dienone is 1. The van der Waals surface area contributed by atoms with Gasteiger partial charge in [-0.3, -0.25) is 4.79 Å². The largest absolute Gasteiger partial charge is 0.491 e. The standard InChI is InChI=1S/C27H35NO4/c1-3-4-15-31-17-18-32-26-10-7-23(8-11-26)24-9-12-27-25(20-24)19-22(21-29)6-5-13-28(27)14-16-30-2/h7-12,19-21H,3-6,13-18H2,1-2H3/b22-19+. The Morgan fingerprint density at radius 1 is 1.00 bits per heavy atom. The molecule has 0 N–H and O–H groups in total. The van der Waals surface area contributed by atoms with Gasteiger partial charge in [-0.15, -0.1) is 0 Å². The van der Waals surface area contributed by atoms with E-state index in [0.717, 1.165) is 85.4 Å². The third-order valence-electron chi connectivity index (χ3n) is 5.65. The van der Waals surface area contributed by atoms with Gasteiger partial charge >= 0.3 is 0 Å². The average Bonchev–Trinajstić information content (AvgIpc) is 2.81. The molecule has 0 atom stereocenters. The smallest absolute Gasteiger partial charge is 0.146 e. The Morgan fingerprint density at radius 2 is 1.81 bits per heavy atom. The van der Waals surface area contributed by atoms with E-state index in [0.29, 0.717) is 19.8 Å². The second-order valence-corrected chi connectivity index (χ2v) is 8.03. The summed E-state index contributed by atoms with van der Waals surface area (Å²) < 4.78 is 16.6. The Labute approximate surface area is 192 Å². The maximum atomic E-state index is 11.5. The lowest BCUT2D eigenvalue weighted by molar-refractivity contribution is -0.105. The molecule has 0 bridgehead atoms. The summed E-state index contributed by atoms with van der Waals surface area (Å²) in [5.74, 6) is 0.841. The number of hydrogen-bond donors (Lipinski definition) is 0. The molecule has 3 rings (SSSR count). The average molecular weight is 438 g/mol. The van der Waals surface area contributed by atoms with E-state index >= 15 is 0 Å². The van der Waals surface area contributed by atoms with Gasteiger partial charge in [-0.05, 0) is 71.9 Å². The van der Waals surface area contributed by atoms with E-state index in [1.165, 1.54) is 0 Å². The van der Waals surface area contributed by atoms with E-state index in [1.54, 1.807) is 7.11 Å². The van der Waals surface area contributed by atoms with Crippen molar-refractivity contribution >= 4 is 18.0 Å². The molecular weight excluding hydrogens is 402 g/mol. The van der Waals surface area contributed by atoms with Crippen LogP contribution in [0.1, 0.15) is 38.2 Å². The van der Waals surface area contributed by atoms with Crippen LogP contribution in [0.2, 0.25) is 0 Å². The van der Waals surface area contributed by atoms with Crippen molar-refractivity contribution in [3.63, 3.8) is 0 Å². The summed E-state index contributed by atoms with van der Waals surface area (Å²) in [7, 11) is 1.73. The second kappa shape index (κ2) is 13.0. The third-order valence-corrected chi connectivity index (χ3v) is 5.65. The molecule has 0 fully saturated rings. The van der Waals surface area contributed by atoms with Gasteiger partial charge in [0.25, 0.3) is 0 Å². The molecule has 0 spiro atoms. The van der Waals surface area contributed by atoms with Gasteiger partial charge in [-0.25, -0.2) is 0 Å². The minimum Gasteiger partial charge on any atom is -0.491 e. The van der Waals surface area contributed by atoms with E-state index < -0.39 is 0 Å². The number of benzene rings is 2. The van der Waals surface area contributed by atoms with Crippen molar-refractivity contribution in [3.05, 3.63) is 53.6 Å². The molecule has 2 aromatic rings. The molecule has 1 heterocycles. The SMILES string of the molecule is CCCCOCCOc1ccc(-c2ccc3c(c2)/C=C(/C=O)CCCN3CCOC)cc1. The number of rotatable bonds is 12. The summed E-state index contributed by atoms with van der Waals surface area (Å²) in [5.41, 5.74) is 5.30. The fraction of sp³-hybridized carbons (Fsp3) is 0.444. The predicted molar refractivity (Wildman–Crippen MR) is 130 cm³/mol. The highest BCUT2D eigenvalue weighted by molar-refractivity contribution is 5.86. The number of methoxy groups -OCH3 is 1. The minimum absolute atomic E-state index is 0.554. The number of carbonyl (C=O) groups excluding carboxylic acids is 1. The molecular formula is C27H35NO4. The molecule has 1 aliphatic rings. The van der Waals surface area contributed by atoms with Crippen LogP contribution in [0.15, 0.2) is 48.0 Å². The summed E-state index contributed by atoms with van der Waals surface area (Å²) in [4.78, 5) is 13.9. The van der Waals surface area contributed by atoms with E-state index in [9.17, 15) is 4.79 Å². The molecule has 5 nitrogen and oxygen atoms in total. The molecule has 0 unspecified atom stereocenters. The third kappa shape index (κ3) is 6.94. The number of aldehydes is 1. The Bertz CT molecular complexity index is 876. The van der Waals surface area contributed by atoms with Crippen LogP contribution in [0.25, 0.3) is 17.2 Å². The van der Waals surface area contributed by atoms with Crippen molar-refractivity contribution in [3.8, 4) is 16.9 Å². The lowest BCUT2D eigenvalue weighted by Gasteiger charge is -2.28. The Hall–Kier alpha value is -2.63. The fourth-order valence-electron chi connectivity index (χ4n) is 3.84. The van der Waals surface area contributed by atoms with Crippen LogP contribution >= 0.6 is 0 Å². The minimum atomic E-state index is 0.554. The van der Waals surface area contributed by atoms with Crippen LogP contribution < -0.4 is 9.64 Å². The van der Waals surface area contributed by atoms with Crippen LogP contribution in [-0.4, -0.2) is 52.9 Å². The maximum absolute atomic E-state index is 11.5. The summed E-state index contributed by atoms with van der Waals surface area (Å²) in [6.07, 6.45) is 7.00. The van der Waals surface area contributed by atoms with Gasteiger partial charge in [0.05, 0.1) is 13.2 Å². The van der Waals surface area contributed by atoms with E-state index in [1.807, 2.05) is 18.2 Å². The molecule has 0 saturated heterocycles. The van der Waals surface area contributed by atoms with Gasteiger partial charge in [0.15, 0.2) is 0 Å². The van der Waals surface area contributed by atoms with Gasteiger partial charge in [0, 0.05) is 32.5 Å². The topological polar surface area (TPSA) is 48.0 Å². The van der Waals surface area contributed by atoms with Crippen molar-refractivity contribution < 1.29 is 19.0 Å². The number of hydrogen-bond acceptors (Lipinski definition) is 5. The van der Waals surface area contributed by atoms with E-state index in [2.05, 4.69) is 42.2 Å². The monoisotopic (exact) mass is 437 g/mol. The quantitative estimate of drug-likeness (QED) is 0.330. The van der Waals surface area contributed by atoms with Gasteiger partial charge in [0.1, 0.15) is 18.6 Å². The van der Waals surface area contributed by atoms with Gasteiger partial charge < -0.3 is 19.1 Å². The molecule has 1 aliphatic heterocycles. The Balaban J connectivity index is 1.73. The number of nitrogens with zero attached hydrogens (tertiary/aromatic N) is 1. The zero-order valence-corrected chi connectivity index (χ0v) is 19.3. The Kier molecular flexibility index (Phi) is 9.79. The molecule has 172 valence electrons. The van der Waals surface area contributed by atoms with Crippen molar-refractivity contribution in [1.82, 2.24) is 0 Å². The molecule has 0 amide bonds. The molecule has 0 saturated carbocycles. The van der Waals surface area contributed by atoms with Gasteiger partial charge in [-0.1, -0.05) is 31.5 Å². The number of unbranched alkanes of at least 4 members (excludes halogenated alkanes) is 1. The number of fused-ring (bicyclic) bond motifs is 1. The molecule has 32 heavy (non-hydrogen) atoms. The van der Waals surface area contributed by atoms with Crippen LogP contribution in [0.5, 0.6) is 5.75 Å². The zero-order chi connectivity index (χ0) is 22.6. The summed E-state index contributed by atoms with van der Waals surface area (Å²) in [6.45, 7) is 6.53. The number of carbonyl (C=O) groups is 1. The molecule has 0 aliphatic carbocycles. The predicted octanol–water partition coefficient (Wildman–Crippen LogP) is 5.38. The molecule has 0 aromatic heterocycles. The normalized spacial score (nSPS) is 15.3. The summed E-state index contributed by atoms with van der Waals surface area (Å²) in [6, 6.07) is 14.6. The highest BCUT2D eigenvalue weighted by Crippen LogP contribution is 2.32. The van der Waals surface area contributed by atoms with Crippen LogP contribution in [0.4, 0.5) is 5.69 Å². The number of anilines is 1. The first-order valence-corrected chi connectivity index (χ1v) is 11.6. The fourth-order valence-corrected chi connectivity index (χ4v) is 3.84. The van der Waals surface area contributed by atoms with Crippen LogP contribution in [-0.2, 0) is 14.3 Å². The van der Waals surface area contributed by atoms with Crippen molar-refractivity contribution in [1.29, 1.82) is 0 Å². The van der Waals surface area contributed by atoms with Gasteiger partial charge in [-0.2, -0.15) is 0 Å². The first-order chi connectivity index (χ1) is 15.7. The van der Waals surface area contributed by atoms with E-state index in [-0.39, 0.29) is 0 Å². The maximum Gasteiger partial charge on any atom is 0.146 e. The van der Waals surface area contributed by atoms with E-state index in [4.69, 9.17) is 14.2 Å². The lowest BCUT2D eigenvalue weighted by Crippen LogP contribution is -2.29. The zero-order valence-electron chi connectivity index (χ0n) is 19.3. The van der Waals surface area contributed by atoms with Crippen LogP contribution in [0, 0.1) is 0 Å². The summed E-state index contributed by atoms with van der Waals surface area (Å²) >= 11 is 0. The first kappa shape index (κ1) is 24.0. The lowest BCUT2D eigenvalue weighted by atomic mass is 9.97.